The van der Waals surface area contributed by atoms with Gasteiger partial charge in [-0.3, -0.25) is 25.1 Å². The Morgan fingerprint density at radius 2 is 1.77 bits per heavy atom. The van der Waals surface area contributed by atoms with E-state index in [0.29, 0.717) is 5.56 Å². The lowest BCUT2D eigenvalue weighted by Gasteiger charge is -2.18. The number of hydrazine groups is 1. The van der Waals surface area contributed by atoms with Gasteiger partial charge in [-0.05, 0) is 32.9 Å². The van der Waals surface area contributed by atoms with Crippen molar-refractivity contribution in [1.82, 2.24) is 20.6 Å². The van der Waals surface area contributed by atoms with Crippen molar-refractivity contribution in [1.29, 1.82) is 0 Å². The Labute approximate surface area is 127 Å². The molecule has 2 rings (SSSR count). The highest BCUT2D eigenvalue weighted by Crippen LogP contribution is 2.15. The lowest BCUT2D eigenvalue weighted by atomic mass is 10.1. The number of hydrogen-bond donors (Lipinski definition) is 3. The highest BCUT2D eigenvalue weighted by atomic mass is 16.3. The molecule has 0 fully saturated rings. The molecule has 0 unspecified atom stereocenters. The first-order chi connectivity index (χ1) is 10.3. The van der Waals surface area contributed by atoms with Crippen molar-refractivity contribution in [2.45, 2.75) is 26.3 Å². The molecule has 3 N–H and O–H groups in total. The topological polar surface area (TPSA) is 96.2 Å². The number of amides is 2. The van der Waals surface area contributed by atoms with Gasteiger partial charge in [0.25, 0.3) is 11.8 Å². The van der Waals surface area contributed by atoms with Crippen molar-refractivity contribution < 1.29 is 14.7 Å². The van der Waals surface area contributed by atoms with Gasteiger partial charge in [0.05, 0.1) is 22.9 Å². The summed E-state index contributed by atoms with van der Waals surface area (Å²) in [6, 6.07) is 6.06. The first-order valence-electron chi connectivity index (χ1n) is 6.73. The van der Waals surface area contributed by atoms with Crippen molar-refractivity contribution in [2.24, 2.45) is 0 Å². The van der Waals surface area contributed by atoms with Crippen LogP contribution in [0.4, 0.5) is 0 Å². The van der Waals surface area contributed by atoms with Crippen molar-refractivity contribution >= 4 is 11.8 Å². The molecular weight excluding hydrogens is 284 g/mol. The fourth-order valence-electron chi connectivity index (χ4n) is 1.73. The van der Waals surface area contributed by atoms with Gasteiger partial charge in [-0.2, -0.15) is 5.10 Å². The monoisotopic (exact) mass is 302 g/mol. The molecule has 0 radical (unpaired) electrons. The third kappa shape index (κ3) is 3.43. The third-order valence-electron chi connectivity index (χ3n) is 2.97. The Bertz CT molecular complexity index is 701. The van der Waals surface area contributed by atoms with E-state index in [1.54, 1.807) is 23.0 Å². The van der Waals surface area contributed by atoms with Crippen LogP contribution >= 0.6 is 0 Å². The maximum atomic E-state index is 12.0. The molecule has 0 saturated heterocycles. The zero-order valence-corrected chi connectivity index (χ0v) is 12.6. The van der Waals surface area contributed by atoms with Gasteiger partial charge in [-0.15, -0.1) is 0 Å². The van der Waals surface area contributed by atoms with E-state index in [0.717, 1.165) is 0 Å². The van der Waals surface area contributed by atoms with Gasteiger partial charge in [0.2, 0.25) is 0 Å². The van der Waals surface area contributed by atoms with Crippen molar-refractivity contribution in [2.75, 3.05) is 0 Å². The van der Waals surface area contributed by atoms with Gasteiger partial charge in [-0.1, -0.05) is 12.1 Å². The fourth-order valence-corrected chi connectivity index (χ4v) is 1.73. The summed E-state index contributed by atoms with van der Waals surface area (Å²) in [6.45, 7) is 5.88. The van der Waals surface area contributed by atoms with E-state index < -0.39 is 11.8 Å². The summed E-state index contributed by atoms with van der Waals surface area (Å²) in [7, 11) is 0. The maximum absolute atomic E-state index is 12.0. The predicted octanol–water partition coefficient (Wildman–Crippen LogP) is 1.42. The average molecular weight is 302 g/mol. The average Bonchev–Trinajstić information content (AvgIpc) is 2.95. The molecule has 0 spiro atoms. The molecule has 0 saturated carbocycles. The van der Waals surface area contributed by atoms with Gasteiger partial charge in [0.1, 0.15) is 5.75 Å². The first kappa shape index (κ1) is 15.6. The van der Waals surface area contributed by atoms with Crippen molar-refractivity contribution in [3.05, 3.63) is 47.8 Å². The number of carbonyl (C=O) groups is 2. The number of phenols is 1. The SMILES string of the molecule is CC(C)(C)n1cc(C(=O)NNC(=O)c2ccccc2O)cn1. The quantitative estimate of drug-likeness (QED) is 0.731. The number of benzene rings is 1. The molecule has 0 aliphatic heterocycles. The zero-order valence-electron chi connectivity index (χ0n) is 12.6. The summed E-state index contributed by atoms with van der Waals surface area (Å²) in [6.07, 6.45) is 3.02. The molecule has 0 atom stereocenters. The van der Waals surface area contributed by atoms with Gasteiger partial charge in [-0.25, -0.2) is 0 Å². The Kier molecular flexibility index (Phi) is 4.16. The van der Waals surface area contributed by atoms with Crippen LogP contribution in [0.1, 0.15) is 41.5 Å². The standard InChI is InChI=1S/C15H18N4O3/c1-15(2,3)19-9-10(8-16-19)13(21)17-18-14(22)11-6-4-5-7-12(11)20/h4-9,20H,1-3H3,(H,17,21)(H,18,22). The summed E-state index contributed by atoms with van der Waals surface area (Å²) in [4.78, 5) is 23.8. The van der Waals surface area contributed by atoms with E-state index >= 15 is 0 Å². The lowest BCUT2D eigenvalue weighted by molar-refractivity contribution is 0.0845. The van der Waals surface area contributed by atoms with Crippen LogP contribution in [0.25, 0.3) is 0 Å². The van der Waals surface area contributed by atoms with E-state index in [9.17, 15) is 14.7 Å². The third-order valence-corrected chi connectivity index (χ3v) is 2.97. The van der Waals surface area contributed by atoms with Crippen molar-refractivity contribution in [3.63, 3.8) is 0 Å². The molecule has 7 nitrogen and oxygen atoms in total. The number of nitrogens with one attached hydrogen (secondary N) is 2. The second kappa shape index (κ2) is 5.88. The molecule has 0 bridgehead atoms. The number of nitrogens with zero attached hydrogens (tertiary/aromatic N) is 2. The largest absolute Gasteiger partial charge is 0.507 e. The van der Waals surface area contributed by atoms with Gasteiger partial charge in [0, 0.05) is 6.20 Å². The highest BCUT2D eigenvalue weighted by molar-refractivity contribution is 6.00. The maximum Gasteiger partial charge on any atom is 0.273 e. The number of para-hydroxylation sites is 1. The van der Waals surface area contributed by atoms with Crippen LogP contribution in [0, 0.1) is 0 Å². The molecule has 1 heterocycles. The Morgan fingerprint density at radius 3 is 2.36 bits per heavy atom. The van der Waals surface area contributed by atoms with Gasteiger partial charge < -0.3 is 5.11 Å². The minimum Gasteiger partial charge on any atom is -0.507 e. The smallest absolute Gasteiger partial charge is 0.273 e. The van der Waals surface area contributed by atoms with Crippen LogP contribution in [0.5, 0.6) is 5.75 Å². The molecule has 0 aliphatic carbocycles. The number of phenolic OH excluding ortho intramolecular Hbond substituents is 1. The van der Waals surface area contributed by atoms with E-state index in [1.807, 2.05) is 20.8 Å². The van der Waals surface area contributed by atoms with Gasteiger partial charge >= 0.3 is 0 Å². The van der Waals surface area contributed by atoms with Crippen LogP contribution in [-0.2, 0) is 5.54 Å². The second-order valence-corrected chi connectivity index (χ2v) is 5.77. The number of rotatable bonds is 2. The molecule has 1 aromatic carbocycles. The molecular formula is C15H18N4O3. The van der Waals surface area contributed by atoms with Crippen LogP contribution in [0.3, 0.4) is 0 Å². The first-order valence-corrected chi connectivity index (χ1v) is 6.73. The number of carbonyl (C=O) groups excluding carboxylic acids is 2. The molecule has 22 heavy (non-hydrogen) atoms. The van der Waals surface area contributed by atoms with Crippen LogP contribution in [0.2, 0.25) is 0 Å². The minimum absolute atomic E-state index is 0.0770. The Hall–Kier alpha value is -2.83. The second-order valence-electron chi connectivity index (χ2n) is 5.77. The van der Waals surface area contributed by atoms with Crippen molar-refractivity contribution in [3.8, 4) is 5.75 Å². The normalized spacial score (nSPS) is 11.0. The van der Waals surface area contributed by atoms with E-state index in [-0.39, 0.29) is 16.9 Å². The summed E-state index contributed by atoms with van der Waals surface area (Å²) in [5, 5.41) is 13.7. The summed E-state index contributed by atoms with van der Waals surface area (Å²) < 4.78 is 1.66. The van der Waals surface area contributed by atoms with E-state index in [1.165, 1.54) is 18.3 Å². The predicted molar refractivity (Wildman–Crippen MR) is 80.3 cm³/mol. The fraction of sp³-hybridized carbons (Fsp3) is 0.267. The molecule has 1 aromatic heterocycles. The van der Waals surface area contributed by atoms with Crippen LogP contribution in [0.15, 0.2) is 36.7 Å². The molecule has 7 heteroatoms. The Morgan fingerprint density at radius 1 is 1.14 bits per heavy atom. The molecule has 116 valence electrons. The van der Waals surface area contributed by atoms with E-state index in [4.69, 9.17) is 0 Å². The summed E-state index contributed by atoms with van der Waals surface area (Å²) >= 11 is 0. The molecule has 0 aliphatic rings. The van der Waals surface area contributed by atoms with Crippen LogP contribution < -0.4 is 10.9 Å². The zero-order chi connectivity index (χ0) is 16.3. The van der Waals surface area contributed by atoms with Gasteiger partial charge in [0.15, 0.2) is 0 Å². The van der Waals surface area contributed by atoms with E-state index in [2.05, 4.69) is 16.0 Å². The highest BCUT2D eigenvalue weighted by Gasteiger charge is 2.17. The molecule has 2 aromatic rings. The number of aromatic hydroxyl groups is 1. The minimum atomic E-state index is -0.602. The lowest BCUT2D eigenvalue weighted by Crippen LogP contribution is -2.41. The van der Waals surface area contributed by atoms with Crippen LogP contribution in [-0.4, -0.2) is 26.7 Å². The number of hydrogen-bond acceptors (Lipinski definition) is 4. The number of aromatic nitrogens is 2. The summed E-state index contributed by atoms with van der Waals surface area (Å²) in [5.74, 6) is -1.25. The Balaban J connectivity index is 2.00. The molecule has 2 amide bonds. The summed E-state index contributed by atoms with van der Waals surface area (Å²) in [5.41, 5.74) is 4.70.